The lowest BCUT2D eigenvalue weighted by molar-refractivity contribution is -0.134. The molecule has 0 unspecified atom stereocenters. The van der Waals surface area contributed by atoms with E-state index < -0.39 is 0 Å². The Morgan fingerprint density at radius 2 is 1.50 bits per heavy atom. The minimum Gasteiger partial charge on any atom is -0.341 e. The molecule has 0 aliphatic carbocycles. The van der Waals surface area contributed by atoms with Gasteiger partial charge in [0, 0.05) is 19.0 Å². The molecule has 0 aromatic heterocycles. The van der Waals surface area contributed by atoms with Crippen molar-refractivity contribution in [2.75, 3.05) is 7.05 Å². The molecule has 0 radical (unpaired) electrons. The number of hydrogen-bond acceptors (Lipinski definition) is 1. The number of rotatable bonds is 2. The molecule has 0 atom stereocenters. The highest BCUT2D eigenvalue weighted by atomic mass is 16.2. The maximum Gasteiger partial charge on any atom is 0.222 e. The van der Waals surface area contributed by atoms with Gasteiger partial charge in [0.05, 0.1) is 0 Å². The van der Waals surface area contributed by atoms with Crippen LogP contribution in [0.25, 0.3) is 0 Å². The second-order valence-corrected chi connectivity index (χ2v) is 6.18. The molecular formula is C12H25NO. The smallest absolute Gasteiger partial charge is 0.222 e. The van der Waals surface area contributed by atoms with Crippen LogP contribution in [0.1, 0.15) is 54.4 Å². The van der Waals surface area contributed by atoms with Crippen molar-refractivity contribution < 1.29 is 4.79 Å². The molecule has 2 heteroatoms. The molecule has 0 aromatic rings. The van der Waals surface area contributed by atoms with E-state index in [-0.39, 0.29) is 16.9 Å². The maximum absolute atomic E-state index is 11.8. The average molecular weight is 199 g/mol. The van der Waals surface area contributed by atoms with E-state index >= 15 is 0 Å². The van der Waals surface area contributed by atoms with Crippen LogP contribution in [0.3, 0.4) is 0 Å². The summed E-state index contributed by atoms with van der Waals surface area (Å²) in [7, 11) is 1.88. The minimum atomic E-state index is -0.0605. The van der Waals surface area contributed by atoms with Crippen molar-refractivity contribution in [3.63, 3.8) is 0 Å². The lowest BCUT2D eigenvalue weighted by Gasteiger charge is -2.32. The number of carbonyl (C=O) groups excluding carboxylic acids is 1. The number of hydrogen-bond donors (Lipinski definition) is 0. The molecule has 1 amide bonds. The summed E-state index contributed by atoms with van der Waals surface area (Å²) in [5.41, 5.74) is 0.184. The van der Waals surface area contributed by atoms with Crippen LogP contribution in [0.5, 0.6) is 0 Å². The van der Waals surface area contributed by atoms with E-state index in [0.717, 1.165) is 6.42 Å². The van der Waals surface area contributed by atoms with Gasteiger partial charge in [-0.3, -0.25) is 4.79 Å². The molecule has 0 aliphatic rings. The van der Waals surface area contributed by atoms with Gasteiger partial charge in [0.25, 0.3) is 0 Å². The first-order chi connectivity index (χ1) is 6.04. The third-order valence-corrected chi connectivity index (χ3v) is 2.47. The van der Waals surface area contributed by atoms with Crippen molar-refractivity contribution in [3.05, 3.63) is 0 Å². The van der Waals surface area contributed by atoms with Gasteiger partial charge in [0.2, 0.25) is 5.91 Å². The lowest BCUT2D eigenvalue weighted by Crippen LogP contribution is -2.42. The first-order valence-electron chi connectivity index (χ1n) is 5.31. The van der Waals surface area contributed by atoms with Gasteiger partial charge in [-0.05, 0) is 32.6 Å². The van der Waals surface area contributed by atoms with Crippen molar-refractivity contribution in [1.29, 1.82) is 0 Å². The SMILES string of the molecule is CN(C(=O)CCC(C)(C)C)C(C)(C)C. The molecule has 0 heterocycles. The summed E-state index contributed by atoms with van der Waals surface area (Å²) in [5.74, 6) is 0.243. The van der Waals surface area contributed by atoms with Crippen LogP contribution in [0.15, 0.2) is 0 Å². The first kappa shape index (κ1) is 13.5. The highest BCUT2D eigenvalue weighted by molar-refractivity contribution is 5.76. The lowest BCUT2D eigenvalue weighted by atomic mass is 9.90. The Labute approximate surface area is 88.7 Å². The van der Waals surface area contributed by atoms with Gasteiger partial charge >= 0.3 is 0 Å². The Kier molecular flexibility index (Phi) is 4.16. The maximum atomic E-state index is 11.8. The van der Waals surface area contributed by atoms with E-state index in [9.17, 15) is 4.79 Å². The predicted octanol–water partition coefficient (Wildman–Crippen LogP) is 3.07. The quantitative estimate of drug-likeness (QED) is 0.669. The molecule has 0 saturated heterocycles. The Morgan fingerprint density at radius 3 is 1.79 bits per heavy atom. The van der Waals surface area contributed by atoms with E-state index in [2.05, 4.69) is 41.5 Å². The van der Waals surface area contributed by atoms with Crippen LogP contribution in [0.4, 0.5) is 0 Å². The van der Waals surface area contributed by atoms with Gasteiger partial charge < -0.3 is 4.90 Å². The van der Waals surface area contributed by atoms with Crippen molar-refractivity contribution >= 4 is 5.91 Å². The molecule has 0 saturated carbocycles. The number of amides is 1. The normalized spacial score (nSPS) is 12.8. The summed E-state index contributed by atoms with van der Waals surface area (Å²) in [6.45, 7) is 12.7. The fraction of sp³-hybridized carbons (Fsp3) is 0.917. The molecule has 0 fully saturated rings. The molecule has 14 heavy (non-hydrogen) atoms. The number of carbonyl (C=O) groups is 1. The van der Waals surface area contributed by atoms with E-state index in [1.807, 2.05) is 11.9 Å². The van der Waals surface area contributed by atoms with E-state index in [1.165, 1.54) is 0 Å². The van der Waals surface area contributed by atoms with Crippen LogP contribution in [0.2, 0.25) is 0 Å². The molecule has 84 valence electrons. The molecule has 0 N–H and O–H groups in total. The van der Waals surface area contributed by atoms with Gasteiger partial charge in [0.1, 0.15) is 0 Å². The Bertz CT molecular complexity index is 195. The highest BCUT2D eigenvalue weighted by Gasteiger charge is 2.23. The first-order valence-corrected chi connectivity index (χ1v) is 5.31. The monoisotopic (exact) mass is 199 g/mol. The minimum absolute atomic E-state index is 0.0605. The largest absolute Gasteiger partial charge is 0.341 e. The van der Waals surface area contributed by atoms with Crippen molar-refractivity contribution in [2.24, 2.45) is 5.41 Å². The Hall–Kier alpha value is -0.530. The van der Waals surface area contributed by atoms with Crippen LogP contribution in [-0.4, -0.2) is 23.4 Å². The van der Waals surface area contributed by atoms with Gasteiger partial charge in [-0.25, -0.2) is 0 Å². The molecule has 0 aromatic carbocycles. The van der Waals surface area contributed by atoms with Crippen LogP contribution in [-0.2, 0) is 4.79 Å². The second kappa shape index (κ2) is 4.33. The Morgan fingerprint density at radius 1 is 1.07 bits per heavy atom. The average Bonchev–Trinajstić information content (AvgIpc) is 1.95. The molecule has 0 rings (SSSR count). The van der Waals surface area contributed by atoms with Crippen molar-refractivity contribution in [3.8, 4) is 0 Å². The summed E-state index contributed by atoms with van der Waals surface area (Å²) in [6.07, 6.45) is 1.60. The zero-order valence-corrected chi connectivity index (χ0v) is 10.8. The fourth-order valence-corrected chi connectivity index (χ4v) is 1.02. The summed E-state index contributed by atoms with van der Waals surface area (Å²) in [5, 5.41) is 0. The van der Waals surface area contributed by atoms with E-state index in [1.54, 1.807) is 0 Å². The summed E-state index contributed by atoms with van der Waals surface area (Å²) in [4.78, 5) is 13.6. The summed E-state index contributed by atoms with van der Waals surface area (Å²) < 4.78 is 0. The topological polar surface area (TPSA) is 20.3 Å². The highest BCUT2D eigenvalue weighted by Crippen LogP contribution is 2.22. The van der Waals surface area contributed by atoms with E-state index in [4.69, 9.17) is 0 Å². The van der Waals surface area contributed by atoms with Gasteiger partial charge in [0.15, 0.2) is 0 Å². The third-order valence-electron chi connectivity index (χ3n) is 2.47. The van der Waals surface area contributed by atoms with Crippen LogP contribution >= 0.6 is 0 Å². The fourth-order valence-electron chi connectivity index (χ4n) is 1.02. The van der Waals surface area contributed by atoms with Gasteiger partial charge in [-0.1, -0.05) is 20.8 Å². The summed E-state index contributed by atoms with van der Waals surface area (Å²) in [6, 6.07) is 0. The molecule has 0 spiro atoms. The van der Waals surface area contributed by atoms with Crippen LogP contribution in [0, 0.1) is 5.41 Å². The van der Waals surface area contributed by atoms with Crippen molar-refractivity contribution in [2.45, 2.75) is 59.9 Å². The Balaban J connectivity index is 4.11. The third kappa shape index (κ3) is 5.25. The molecule has 0 aliphatic heterocycles. The molecular weight excluding hydrogens is 174 g/mol. The zero-order valence-electron chi connectivity index (χ0n) is 10.8. The predicted molar refractivity (Wildman–Crippen MR) is 61.2 cm³/mol. The van der Waals surface area contributed by atoms with Gasteiger partial charge in [-0.15, -0.1) is 0 Å². The van der Waals surface area contributed by atoms with Gasteiger partial charge in [-0.2, -0.15) is 0 Å². The molecule has 0 bridgehead atoms. The zero-order chi connectivity index (χ0) is 11.6. The van der Waals surface area contributed by atoms with Crippen molar-refractivity contribution in [1.82, 2.24) is 4.90 Å². The van der Waals surface area contributed by atoms with Crippen LogP contribution < -0.4 is 0 Å². The standard InChI is InChI=1S/C12H25NO/c1-11(2,3)9-8-10(14)13(7)12(4,5)6/h8-9H2,1-7H3. The van der Waals surface area contributed by atoms with E-state index in [0.29, 0.717) is 6.42 Å². The second-order valence-electron chi connectivity index (χ2n) is 6.18. The summed E-state index contributed by atoms with van der Waals surface area (Å²) >= 11 is 0. The molecule has 2 nitrogen and oxygen atoms in total. The number of nitrogens with zero attached hydrogens (tertiary/aromatic N) is 1.